The second-order valence-corrected chi connectivity index (χ2v) is 4.75. The van der Waals surface area contributed by atoms with Crippen LogP contribution in [0.3, 0.4) is 0 Å². The van der Waals surface area contributed by atoms with Gasteiger partial charge in [0.2, 0.25) is 0 Å². The van der Waals surface area contributed by atoms with Crippen LogP contribution in [-0.4, -0.2) is 16.8 Å². The van der Waals surface area contributed by atoms with Crippen molar-refractivity contribution in [2.75, 3.05) is 6.61 Å². The van der Waals surface area contributed by atoms with Crippen LogP contribution < -0.4 is 4.74 Å². The summed E-state index contributed by atoms with van der Waals surface area (Å²) in [7, 11) is 0. The zero-order valence-corrected chi connectivity index (χ0v) is 10.3. The molecule has 1 aromatic heterocycles. The van der Waals surface area contributed by atoms with E-state index in [2.05, 4.69) is 10.2 Å². The lowest BCUT2D eigenvalue weighted by atomic mass is 10.1. The van der Waals surface area contributed by atoms with Gasteiger partial charge in [-0.2, -0.15) is 5.10 Å². The first-order valence-corrected chi connectivity index (χ1v) is 6.35. The fourth-order valence-corrected chi connectivity index (χ4v) is 2.04. The van der Waals surface area contributed by atoms with Gasteiger partial charge in [-0.25, -0.2) is 4.39 Å². The zero-order chi connectivity index (χ0) is 12.5. The monoisotopic (exact) mass is 246 g/mol. The van der Waals surface area contributed by atoms with Crippen molar-refractivity contribution in [2.45, 2.75) is 26.2 Å². The number of aromatic nitrogens is 2. The van der Waals surface area contributed by atoms with E-state index in [1.54, 1.807) is 12.3 Å². The van der Waals surface area contributed by atoms with Gasteiger partial charge in [-0.15, -0.1) is 5.10 Å². The molecule has 94 valence electrons. The molecule has 0 N–H and O–H groups in total. The lowest BCUT2D eigenvalue weighted by Crippen LogP contribution is -2.03. The molecule has 2 aromatic rings. The highest BCUT2D eigenvalue weighted by molar-refractivity contribution is 5.86. The summed E-state index contributed by atoms with van der Waals surface area (Å²) in [6.07, 6.45) is 4.93. The molecule has 18 heavy (non-hydrogen) atoms. The van der Waals surface area contributed by atoms with Gasteiger partial charge < -0.3 is 4.74 Å². The summed E-state index contributed by atoms with van der Waals surface area (Å²) in [6.45, 7) is 2.62. The maximum Gasteiger partial charge on any atom is 0.183 e. The molecule has 0 atom stereocenters. The lowest BCUT2D eigenvalue weighted by Gasteiger charge is -2.10. The molecule has 3 rings (SSSR count). The molecule has 1 saturated carbocycles. The van der Waals surface area contributed by atoms with E-state index >= 15 is 0 Å². The smallest absolute Gasteiger partial charge is 0.183 e. The van der Waals surface area contributed by atoms with Gasteiger partial charge in [-0.05, 0) is 42.9 Å². The summed E-state index contributed by atoms with van der Waals surface area (Å²) in [5, 5.41) is 8.90. The highest BCUT2D eigenvalue weighted by Crippen LogP contribution is 2.33. The average molecular weight is 246 g/mol. The van der Waals surface area contributed by atoms with Crippen LogP contribution >= 0.6 is 0 Å². The summed E-state index contributed by atoms with van der Waals surface area (Å²) < 4.78 is 19.4. The van der Waals surface area contributed by atoms with E-state index in [-0.39, 0.29) is 11.6 Å². The molecule has 1 heterocycles. The van der Waals surface area contributed by atoms with Crippen LogP contribution in [0, 0.1) is 11.7 Å². The molecule has 0 aliphatic heterocycles. The van der Waals surface area contributed by atoms with Gasteiger partial charge in [-0.3, -0.25) is 0 Å². The van der Waals surface area contributed by atoms with E-state index in [0.29, 0.717) is 18.0 Å². The molecule has 0 amide bonds. The number of ether oxygens (including phenoxy) is 1. The zero-order valence-electron chi connectivity index (χ0n) is 10.3. The van der Waals surface area contributed by atoms with Crippen molar-refractivity contribution in [2.24, 2.45) is 5.92 Å². The van der Waals surface area contributed by atoms with E-state index in [1.807, 2.05) is 6.92 Å². The minimum absolute atomic E-state index is 0.252. The fourth-order valence-electron chi connectivity index (χ4n) is 2.04. The Labute approximate surface area is 105 Å². The number of nitrogens with zero attached hydrogens (tertiary/aromatic N) is 2. The molecule has 0 radical (unpaired) electrons. The Balaban J connectivity index is 2.06. The Hall–Kier alpha value is -1.71. The molecular weight excluding hydrogens is 231 g/mol. The Kier molecular flexibility index (Phi) is 2.86. The molecule has 1 aliphatic rings. The van der Waals surface area contributed by atoms with Gasteiger partial charge in [0.25, 0.3) is 0 Å². The Bertz CT molecular complexity index is 581. The first-order valence-electron chi connectivity index (χ1n) is 6.35. The van der Waals surface area contributed by atoms with Gasteiger partial charge in [0, 0.05) is 5.39 Å². The summed E-state index contributed by atoms with van der Waals surface area (Å²) >= 11 is 0. The van der Waals surface area contributed by atoms with Crippen molar-refractivity contribution in [3.63, 3.8) is 0 Å². The third kappa shape index (κ3) is 2.03. The van der Waals surface area contributed by atoms with E-state index < -0.39 is 0 Å². The first-order chi connectivity index (χ1) is 8.79. The predicted octanol–water partition coefficient (Wildman–Crippen LogP) is 3.12. The van der Waals surface area contributed by atoms with E-state index in [0.717, 1.165) is 17.4 Å². The van der Waals surface area contributed by atoms with Crippen molar-refractivity contribution >= 4 is 10.9 Å². The average Bonchev–Trinajstić information content (AvgIpc) is 3.20. The molecule has 3 nitrogen and oxygen atoms in total. The van der Waals surface area contributed by atoms with E-state index in [4.69, 9.17) is 4.74 Å². The number of hydrogen-bond acceptors (Lipinski definition) is 3. The molecule has 0 unspecified atom stereocenters. The summed E-state index contributed by atoms with van der Waals surface area (Å²) in [5.41, 5.74) is 1.60. The van der Waals surface area contributed by atoms with Gasteiger partial charge in [0.15, 0.2) is 11.6 Å². The molecule has 0 saturated heterocycles. The van der Waals surface area contributed by atoms with Crippen LogP contribution in [0.5, 0.6) is 5.75 Å². The molecular formula is C14H15FN2O. The molecule has 0 spiro atoms. The maximum atomic E-state index is 13.8. The topological polar surface area (TPSA) is 35.0 Å². The molecule has 1 aromatic carbocycles. The van der Waals surface area contributed by atoms with Gasteiger partial charge in [0.05, 0.1) is 12.8 Å². The van der Waals surface area contributed by atoms with Gasteiger partial charge in [-0.1, -0.05) is 6.92 Å². The number of rotatable bonds is 4. The third-order valence-electron chi connectivity index (χ3n) is 3.34. The predicted molar refractivity (Wildman–Crippen MR) is 67.1 cm³/mol. The summed E-state index contributed by atoms with van der Waals surface area (Å²) in [4.78, 5) is 0. The lowest BCUT2D eigenvalue weighted by molar-refractivity contribution is 0.288. The number of hydrogen-bond donors (Lipinski definition) is 0. The Morgan fingerprint density at radius 3 is 2.94 bits per heavy atom. The second kappa shape index (κ2) is 4.52. The molecule has 4 heteroatoms. The quantitative estimate of drug-likeness (QED) is 0.831. The number of halogens is 1. The van der Waals surface area contributed by atoms with Crippen LogP contribution in [0.25, 0.3) is 10.9 Å². The number of benzene rings is 1. The number of aryl methyl sites for hydroxylation is 1. The first kappa shape index (κ1) is 11.4. The van der Waals surface area contributed by atoms with Gasteiger partial charge in [0.1, 0.15) is 5.52 Å². The van der Waals surface area contributed by atoms with E-state index in [1.165, 1.54) is 18.9 Å². The van der Waals surface area contributed by atoms with Crippen LogP contribution in [0.15, 0.2) is 18.3 Å². The van der Waals surface area contributed by atoms with Gasteiger partial charge >= 0.3 is 0 Å². The minimum Gasteiger partial charge on any atom is -0.488 e. The fraction of sp³-hybridized carbons (Fsp3) is 0.429. The third-order valence-corrected chi connectivity index (χ3v) is 3.34. The minimum atomic E-state index is -0.356. The second-order valence-electron chi connectivity index (χ2n) is 4.75. The SMILES string of the molecule is CCc1cnnc2c(OCC3CC3)c(F)ccc12. The van der Waals surface area contributed by atoms with Crippen molar-refractivity contribution < 1.29 is 9.13 Å². The van der Waals surface area contributed by atoms with Crippen molar-refractivity contribution in [1.29, 1.82) is 0 Å². The van der Waals surface area contributed by atoms with Crippen LogP contribution in [-0.2, 0) is 6.42 Å². The van der Waals surface area contributed by atoms with E-state index in [9.17, 15) is 4.39 Å². The standard InChI is InChI=1S/C14H15FN2O/c1-2-10-7-16-17-13-11(10)5-6-12(15)14(13)18-8-9-3-4-9/h5-7,9H,2-4,8H2,1H3. The van der Waals surface area contributed by atoms with Crippen LogP contribution in [0.2, 0.25) is 0 Å². The van der Waals surface area contributed by atoms with Crippen molar-refractivity contribution in [1.82, 2.24) is 10.2 Å². The molecule has 1 fully saturated rings. The number of fused-ring (bicyclic) bond motifs is 1. The molecule has 1 aliphatic carbocycles. The highest BCUT2D eigenvalue weighted by Gasteiger charge is 2.23. The van der Waals surface area contributed by atoms with Crippen molar-refractivity contribution in [3.8, 4) is 5.75 Å². The highest BCUT2D eigenvalue weighted by atomic mass is 19.1. The van der Waals surface area contributed by atoms with Crippen LogP contribution in [0.4, 0.5) is 4.39 Å². The Morgan fingerprint density at radius 1 is 1.39 bits per heavy atom. The summed E-state index contributed by atoms with van der Waals surface area (Å²) in [6, 6.07) is 3.20. The Morgan fingerprint density at radius 2 is 2.22 bits per heavy atom. The van der Waals surface area contributed by atoms with Crippen molar-refractivity contribution in [3.05, 3.63) is 29.7 Å². The summed E-state index contributed by atoms with van der Waals surface area (Å²) in [5.74, 6) is 0.481. The van der Waals surface area contributed by atoms with Crippen LogP contribution in [0.1, 0.15) is 25.3 Å². The largest absolute Gasteiger partial charge is 0.488 e. The maximum absolute atomic E-state index is 13.8. The normalized spacial score (nSPS) is 15.0. The molecule has 0 bridgehead atoms.